The molecule has 0 amide bonds. The number of aliphatic carboxylic acids is 1. The van der Waals surface area contributed by atoms with Crippen molar-refractivity contribution in [2.75, 3.05) is 0 Å². The van der Waals surface area contributed by atoms with Crippen LogP contribution >= 0.6 is 0 Å². The summed E-state index contributed by atoms with van der Waals surface area (Å²) in [6.07, 6.45) is 3.87. The van der Waals surface area contributed by atoms with Crippen LogP contribution in [0.3, 0.4) is 0 Å². The Morgan fingerprint density at radius 3 is 2.33 bits per heavy atom. The number of carboxylic acids is 1. The van der Waals surface area contributed by atoms with E-state index in [0.717, 1.165) is 25.7 Å². The molecule has 0 spiro atoms. The maximum Gasteiger partial charge on any atom is 0.328 e. The number of ether oxygens (including phenoxy) is 1. The van der Waals surface area contributed by atoms with Crippen molar-refractivity contribution in [3.8, 4) is 0 Å². The van der Waals surface area contributed by atoms with E-state index in [2.05, 4.69) is 6.58 Å². The predicted octanol–water partition coefficient (Wildman–Crippen LogP) is 1.79. The Labute approximate surface area is 124 Å². The molecule has 0 radical (unpaired) electrons. The van der Waals surface area contributed by atoms with Crippen molar-refractivity contribution >= 4 is 22.1 Å². The number of unbranched alkanes of at least 4 members (excludes halogenated alkanes) is 3. The van der Waals surface area contributed by atoms with E-state index in [9.17, 15) is 18.0 Å². The van der Waals surface area contributed by atoms with Gasteiger partial charge in [0.15, 0.2) is 5.25 Å². The molecule has 7 nitrogen and oxygen atoms in total. The van der Waals surface area contributed by atoms with Gasteiger partial charge in [0, 0.05) is 0 Å². The molecule has 0 aromatic heterocycles. The van der Waals surface area contributed by atoms with Crippen LogP contribution in [0.2, 0.25) is 0 Å². The van der Waals surface area contributed by atoms with Gasteiger partial charge in [0.1, 0.15) is 6.10 Å². The number of carboxylic acid groups (broad SMARTS) is 1. The molecule has 122 valence electrons. The Hall–Kier alpha value is -1.41. The van der Waals surface area contributed by atoms with Gasteiger partial charge in [-0.15, -0.1) is 0 Å². The second-order valence-corrected chi connectivity index (χ2v) is 6.26. The Balaban J connectivity index is 4.63. The lowest BCUT2D eigenvalue weighted by atomic mass is 10.1. The van der Waals surface area contributed by atoms with Gasteiger partial charge in [-0.1, -0.05) is 38.8 Å². The highest BCUT2D eigenvalue weighted by molar-refractivity contribution is 7.87. The Morgan fingerprint density at radius 2 is 1.90 bits per heavy atom. The number of carbonyl (C=O) groups is 2. The summed E-state index contributed by atoms with van der Waals surface area (Å²) >= 11 is 0. The zero-order chi connectivity index (χ0) is 16.5. The van der Waals surface area contributed by atoms with Gasteiger partial charge in [0.25, 0.3) is 10.1 Å². The van der Waals surface area contributed by atoms with Crippen molar-refractivity contribution in [1.82, 2.24) is 0 Å². The molecule has 2 atom stereocenters. The first-order valence-corrected chi connectivity index (χ1v) is 8.23. The maximum atomic E-state index is 11.7. The first-order chi connectivity index (χ1) is 9.72. The van der Waals surface area contributed by atoms with Crippen LogP contribution < -0.4 is 0 Å². The van der Waals surface area contributed by atoms with Gasteiger partial charge in [-0.05, 0) is 12.8 Å². The molecule has 0 heterocycles. The molecule has 0 aromatic carbocycles. The summed E-state index contributed by atoms with van der Waals surface area (Å²) in [7, 11) is -4.83. The van der Waals surface area contributed by atoms with E-state index in [-0.39, 0.29) is 0 Å². The van der Waals surface area contributed by atoms with Crippen molar-refractivity contribution in [2.24, 2.45) is 0 Å². The van der Waals surface area contributed by atoms with Gasteiger partial charge in [-0.2, -0.15) is 8.42 Å². The number of hydrogen-bond donors (Lipinski definition) is 2. The van der Waals surface area contributed by atoms with Crippen LogP contribution in [-0.4, -0.2) is 41.4 Å². The first-order valence-electron chi connectivity index (χ1n) is 6.73. The highest BCUT2D eigenvalue weighted by Crippen LogP contribution is 2.13. The maximum absolute atomic E-state index is 11.7. The summed E-state index contributed by atoms with van der Waals surface area (Å²) in [4.78, 5) is 22.3. The predicted molar refractivity (Wildman–Crippen MR) is 76.4 cm³/mol. The molecule has 0 fully saturated rings. The van der Waals surface area contributed by atoms with E-state index in [0.29, 0.717) is 6.42 Å². The van der Waals surface area contributed by atoms with E-state index >= 15 is 0 Å². The molecule has 0 saturated heterocycles. The summed E-state index contributed by atoms with van der Waals surface area (Å²) in [5, 5.41) is 6.47. The van der Waals surface area contributed by atoms with Crippen molar-refractivity contribution in [2.45, 2.75) is 56.8 Å². The van der Waals surface area contributed by atoms with Crippen molar-refractivity contribution in [3.63, 3.8) is 0 Å². The van der Waals surface area contributed by atoms with Gasteiger partial charge in [-0.25, -0.2) is 0 Å². The fourth-order valence-corrected chi connectivity index (χ4v) is 2.34. The molecule has 21 heavy (non-hydrogen) atoms. The number of carbonyl (C=O) groups excluding carboxylic acids is 1. The second-order valence-electron chi connectivity index (χ2n) is 4.66. The van der Waals surface area contributed by atoms with Crippen LogP contribution in [0.25, 0.3) is 0 Å². The highest BCUT2D eigenvalue weighted by atomic mass is 32.2. The minimum Gasteiger partial charge on any atom is -0.481 e. The smallest absolute Gasteiger partial charge is 0.328 e. The topological polar surface area (TPSA) is 118 Å². The van der Waals surface area contributed by atoms with Crippen molar-refractivity contribution in [1.29, 1.82) is 0 Å². The molecule has 2 unspecified atom stereocenters. The molecule has 0 bridgehead atoms. The molecule has 8 heteroatoms. The fourth-order valence-electron chi connectivity index (χ4n) is 1.69. The molecule has 0 rings (SSSR count). The largest absolute Gasteiger partial charge is 0.481 e. The lowest BCUT2D eigenvalue weighted by Gasteiger charge is -2.17. The SMILES string of the molecule is C=CC(CCCCCC)OC(=O)C(CC(=O)O)S(=O)(=O)O. The Morgan fingerprint density at radius 1 is 1.29 bits per heavy atom. The van der Waals surface area contributed by atoms with Crippen molar-refractivity contribution < 1.29 is 32.4 Å². The van der Waals surface area contributed by atoms with Crippen LogP contribution in [0.15, 0.2) is 12.7 Å². The summed E-state index contributed by atoms with van der Waals surface area (Å²) < 4.78 is 35.9. The van der Waals surface area contributed by atoms with E-state index < -0.39 is 39.8 Å². The van der Waals surface area contributed by atoms with Gasteiger partial charge < -0.3 is 9.84 Å². The monoisotopic (exact) mass is 322 g/mol. The number of hydrogen-bond acceptors (Lipinski definition) is 5. The van der Waals surface area contributed by atoms with E-state index in [1.54, 1.807) is 0 Å². The Kier molecular flexibility index (Phi) is 8.87. The third-order valence-electron chi connectivity index (χ3n) is 2.86. The van der Waals surface area contributed by atoms with Crippen LogP contribution in [0, 0.1) is 0 Å². The normalized spacial score (nSPS) is 14.2. The zero-order valence-corrected chi connectivity index (χ0v) is 12.8. The third kappa shape index (κ3) is 8.46. The minimum absolute atomic E-state index is 0.473. The molecule has 2 N–H and O–H groups in total. The molecule has 0 aliphatic carbocycles. The molecular weight excluding hydrogens is 300 g/mol. The lowest BCUT2D eigenvalue weighted by molar-refractivity contribution is -0.150. The molecule has 0 aliphatic heterocycles. The summed E-state index contributed by atoms with van der Waals surface area (Å²) in [5.74, 6) is -2.80. The summed E-state index contributed by atoms with van der Waals surface area (Å²) in [6, 6.07) is 0. The van der Waals surface area contributed by atoms with Crippen LogP contribution in [0.4, 0.5) is 0 Å². The molecule has 0 aromatic rings. The van der Waals surface area contributed by atoms with Crippen molar-refractivity contribution in [3.05, 3.63) is 12.7 Å². The Bertz CT molecular complexity index is 455. The van der Waals surface area contributed by atoms with E-state index in [1.807, 2.05) is 6.92 Å². The third-order valence-corrected chi connectivity index (χ3v) is 3.93. The summed E-state index contributed by atoms with van der Waals surface area (Å²) in [5.41, 5.74) is 0. The average Bonchev–Trinajstić information content (AvgIpc) is 2.37. The van der Waals surface area contributed by atoms with Crippen LogP contribution in [0.5, 0.6) is 0 Å². The number of esters is 1. The van der Waals surface area contributed by atoms with Gasteiger partial charge in [-0.3, -0.25) is 14.1 Å². The molecule has 0 saturated carbocycles. The van der Waals surface area contributed by atoms with E-state index in [1.165, 1.54) is 6.08 Å². The van der Waals surface area contributed by atoms with Gasteiger partial charge in [0.05, 0.1) is 6.42 Å². The second kappa shape index (κ2) is 9.51. The quantitative estimate of drug-likeness (QED) is 0.257. The first kappa shape index (κ1) is 19.6. The summed E-state index contributed by atoms with van der Waals surface area (Å²) in [6.45, 7) is 5.54. The van der Waals surface area contributed by atoms with E-state index in [4.69, 9.17) is 14.4 Å². The lowest BCUT2D eigenvalue weighted by Crippen LogP contribution is -2.35. The van der Waals surface area contributed by atoms with Gasteiger partial charge in [0.2, 0.25) is 0 Å². The fraction of sp³-hybridized carbons (Fsp3) is 0.692. The number of rotatable bonds is 11. The zero-order valence-electron chi connectivity index (χ0n) is 12.0. The minimum atomic E-state index is -4.83. The average molecular weight is 322 g/mol. The standard InChI is InChI=1S/C13H22O7S/c1-3-5-6-7-8-10(4-2)20-13(16)11(9-12(14)15)21(17,18)19/h4,10-11H,2-3,5-9H2,1H3,(H,14,15)(H,17,18,19). The van der Waals surface area contributed by atoms with Crippen LogP contribution in [0.1, 0.15) is 45.4 Å². The molecule has 0 aliphatic rings. The highest BCUT2D eigenvalue weighted by Gasteiger charge is 2.35. The molecular formula is C13H22O7S. The van der Waals surface area contributed by atoms with Crippen LogP contribution in [-0.2, 0) is 24.4 Å². The van der Waals surface area contributed by atoms with Gasteiger partial charge >= 0.3 is 11.9 Å².